The van der Waals surface area contributed by atoms with Gasteiger partial charge in [-0.2, -0.15) is 0 Å². The molecule has 0 atom stereocenters. The van der Waals surface area contributed by atoms with Crippen molar-refractivity contribution in [1.29, 1.82) is 0 Å². The minimum absolute atomic E-state index is 0.00217. The van der Waals surface area contributed by atoms with Crippen LogP contribution in [-0.2, 0) is 37.9 Å². The lowest BCUT2D eigenvalue weighted by Gasteiger charge is -2.48. The number of hydrogen-bond donors (Lipinski definition) is 0. The predicted octanol–water partition coefficient (Wildman–Crippen LogP) is 18.0. The SMILES string of the molecule is Cc1ccc(C(C)(C)C)cc1N1c2cc(-c3ccccc3)ccc2B2c3cc4c(cc3N(c3ccc(C(C)(C)C)cc3-c3ccc5c(c3)C(C)(C)CCC5(C)C)c3cc(C(C)(C)C)cc1c32)C(C)(C)CCC4(C)C. The summed E-state index contributed by atoms with van der Waals surface area (Å²) < 4.78 is 0. The van der Waals surface area contributed by atoms with Gasteiger partial charge in [0.15, 0.2) is 0 Å². The van der Waals surface area contributed by atoms with Crippen LogP contribution in [0.1, 0.15) is 188 Å². The van der Waals surface area contributed by atoms with E-state index in [9.17, 15) is 0 Å². The Morgan fingerprint density at radius 2 is 0.851 bits per heavy atom. The third kappa shape index (κ3) is 8.12. The topological polar surface area (TPSA) is 6.48 Å². The lowest BCUT2D eigenvalue weighted by atomic mass is 9.33. The van der Waals surface area contributed by atoms with Crippen molar-refractivity contribution in [2.24, 2.45) is 0 Å². The molecular weight excluding hydrogens is 892 g/mol. The van der Waals surface area contributed by atoms with Crippen LogP contribution in [0.5, 0.6) is 0 Å². The minimum atomic E-state index is -0.148. The zero-order valence-electron chi connectivity index (χ0n) is 48.4. The summed E-state index contributed by atoms with van der Waals surface area (Å²) in [5, 5.41) is 0. The monoisotopic (exact) mass is 975 g/mol. The van der Waals surface area contributed by atoms with Gasteiger partial charge in [0, 0.05) is 34.0 Å². The largest absolute Gasteiger partial charge is 0.311 e. The van der Waals surface area contributed by atoms with Crippen LogP contribution >= 0.6 is 0 Å². The van der Waals surface area contributed by atoms with Crippen LogP contribution in [-0.4, -0.2) is 6.71 Å². The molecule has 2 heterocycles. The van der Waals surface area contributed by atoms with Crippen molar-refractivity contribution in [2.75, 3.05) is 9.80 Å². The molecule has 0 fully saturated rings. The predicted molar refractivity (Wildman–Crippen MR) is 323 cm³/mol. The minimum Gasteiger partial charge on any atom is -0.311 e. The smallest absolute Gasteiger partial charge is 0.252 e. The van der Waals surface area contributed by atoms with Crippen LogP contribution in [0.15, 0.2) is 127 Å². The Morgan fingerprint density at radius 1 is 0.365 bits per heavy atom. The van der Waals surface area contributed by atoms with Crippen molar-refractivity contribution in [3.05, 3.63) is 172 Å². The molecule has 0 amide bonds. The molecule has 2 aliphatic carbocycles. The van der Waals surface area contributed by atoms with E-state index in [1.807, 2.05) is 0 Å². The fourth-order valence-electron chi connectivity index (χ4n) is 13.3. The Balaban J connectivity index is 1.30. The molecule has 7 aromatic rings. The van der Waals surface area contributed by atoms with Gasteiger partial charge in [-0.1, -0.05) is 203 Å². The van der Waals surface area contributed by atoms with Crippen molar-refractivity contribution in [3.8, 4) is 22.3 Å². The number of fused-ring (bicyclic) bond motifs is 6. The fraction of sp³-hybridized carbons (Fsp3) is 0.408. The molecule has 0 saturated carbocycles. The molecule has 0 unspecified atom stereocenters. The first-order valence-electron chi connectivity index (χ1n) is 28.0. The zero-order valence-corrected chi connectivity index (χ0v) is 48.4. The maximum Gasteiger partial charge on any atom is 0.252 e. The van der Waals surface area contributed by atoms with Crippen molar-refractivity contribution in [2.45, 2.75) is 188 Å². The van der Waals surface area contributed by atoms with Gasteiger partial charge in [-0.05, 0) is 191 Å². The lowest BCUT2D eigenvalue weighted by molar-refractivity contribution is 0.332. The highest BCUT2D eigenvalue weighted by atomic mass is 15.2. The first-order valence-corrected chi connectivity index (χ1v) is 28.0. The van der Waals surface area contributed by atoms with E-state index < -0.39 is 0 Å². The van der Waals surface area contributed by atoms with Crippen molar-refractivity contribution in [1.82, 2.24) is 0 Å². The Bertz CT molecular complexity index is 3410. The molecular formula is C71H83BN2. The van der Waals surface area contributed by atoms with Gasteiger partial charge in [0.05, 0.1) is 5.69 Å². The first kappa shape index (κ1) is 50.4. The van der Waals surface area contributed by atoms with Gasteiger partial charge in [-0.25, -0.2) is 0 Å². The number of nitrogens with zero attached hydrogens (tertiary/aromatic N) is 2. The molecule has 74 heavy (non-hydrogen) atoms. The fourth-order valence-corrected chi connectivity index (χ4v) is 13.3. The average Bonchev–Trinajstić information content (AvgIpc) is 3.33. The highest BCUT2D eigenvalue weighted by Crippen LogP contribution is 2.54. The second-order valence-electron chi connectivity index (χ2n) is 28.9. The van der Waals surface area contributed by atoms with Gasteiger partial charge in [0.1, 0.15) is 0 Å². The van der Waals surface area contributed by atoms with E-state index in [0.717, 1.165) is 12.8 Å². The molecule has 3 heteroatoms. The standard InChI is InChI=1S/C71H83BN2/c1-44-24-27-49(66(5,6)7)39-59(44)74-60-37-46(45-22-20-19-21-23-45)26-30-56(60)72-57-42-54-55(71(17,18)35-34-70(54,15)16)43-61(57)73(62-40-50(67(8,9)10)41-63(74)64(62)72)58-31-28-48(65(2,3)4)38-51(58)47-25-29-52-53(36-47)69(13,14)33-32-68(52,11)12/h19-31,36-43H,32-35H2,1-18H3. The van der Waals surface area contributed by atoms with Crippen LogP contribution in [0.2, 0.25) is 0 Å². The highest BCUT2D eigenvalue weighted by Gasteiger charge is 2.48. The number of benzene rings is 7. The van der Waals surface area contributed by atoms with Crippen LogP contribution < -0.4 is 26.2 Å². The van der Waals surface area contributed by atoms with E-state index in [-0.39, 0.29) is 44.6 Å². The summed E-state index contributed by atoms with van der Waals surface area (Å²) in [6.07, 6.45) is 4.69. The van der Waals surface area contributed by atoms with Crippen molar-refractivity contribution < 1.29 is 0 Å². The maximum absolute atomic E-state index is 2.76. The summed E-state index contributed by atoms with van der Waals surface area (Å²) in [4.78, 5) is 5.44. The average molecular weight is 975 g/mol. The highest BCUT2D eigenvalue weighted by molar-refractivity contribution is 7.00. The maximum atomic E-state index is 2.76. The van der Waals surface area contributed by atoms with E-state index in [0.29, 0.717) is 0 Å². The third-order valence-corrected chi connectivity index (χ3v) is 18.6. The first-order chi connectivity index (χ1) is 34.5. The molecule has 7 aromatic carbocycles. The molecule has 380 valence electrons. The molecule has 0 saturated heterocycles. The molecule has 11 rings (SSSR count). The normalized spacial score (nSPS) is 18.0. The van der Waals surface area contributed by atoms with E-state index >= 15 is 0 Å². The number of aryl methyl sites for hydroxylation is 1. The van der Waals surface area contributed by atoms with Crippen LogP contribution in [0.3, 0.4) is 0 Å². The molecule has 2 aliphatic heterocycles. The summed E-state index contributed by atoms with van der Waals surface area (Å²) in [5.41, 5.74) is 28.2. The van der Waals surface area contributed by atoms with E-state index in [1.165, 1.54) is 130 Å². The van der Waals surface area contributed by atoms with Gasteiger partial charge in [0.25, 0.3) is 6.71 Å². The molecule has 4 aliphatic rings. The second-order valence-corrected chi connectivity index (χ2v) is 28.9. The van der Waals surface area contributed by atoms with Crippen molar-refractivity contribution >= 4 is 57.2 Å². The van der Waals surface area contributed by atoms with Gasteiger partial charge in [-0.15, -0.1) is 0 Å². The molecule has 0 aromatic heterocycles. The summed E-state index contributed by atoms with van der Waals surface area (Å²) in [7, 11) is 0. The Labute approximate surface area is 447 Å². The Kier molecular flexibility index (Phi) is 11.3. The van der Waals surface area contributed by atoms with E-state index in [2.05, 4.69) is 262 Å². The summed E-state index contributed by atoms with van der Waals surface area (Å²) in [6, 6.07) is 51.3. The summed E-state index contributed by atoms with van der Waals surface area (Å²) in [5.74, 6) is 0. The molecule has 2 nitrogen and oxygen atoms in total. The number of anilines is 6. The molecule has 0 N–H and O–H groups in total. The second kappa shape index (κ2) is 16.6. The van der Waals surface area contributed by atoms with Gasteiger partial charge in [-0.3, -0.25) is 0 Å². The third-order valence-electron chi connectivity index (χ3n) is 18.6. The molecule has 0 bridgehead atoms. The van der Waals surface area contributed by atoms with Gasteiger partial charge < -0.3 is 9.80 Å². The van der Waals surface area contributed by atoms with Crippen molar-refractivity contribution in [3.63, 3.8) is 0 Å². The summed E-state index contributed by atoms with van der Waals surface area (Å²) >= 11 is 0. The molecule has 0 radical (unpaired) electrons. The number of rotatable bonds is 4. The van der Waals surface area contributed by atoms with Crippen LogP contribution in [0.25, 0.3) is 22.3 Å². The Hall–Kier alpha value is -5.80. The van der Waals surface area contributed by atoms with Gasteiger partial charge >= 0.3 is 0 Å². The molecule has 0 spiro atoms. The van der Waals surface area contributed by atoms with Crippen LogP contribution in [0.4, 0.5) is 34.1 Å². The van der Waals surface area contributed by atoms with E-state index in [1.54, 1.807) is 0 Å². The summed E-state index contributed by atoms with van der Waals surface area (Å²) in [6.45, 7) is 43.5. The Morgan fingerprint density at radius 3 is 1.45 bits per heavy atom. The van der Waals surface area contributed by atoms with Gasteiger partial charge in [0.2, 0.25) is 0 Å². The lowest BCUT2D eigenvalue weighted by Crippen LogP contribution is -2.62. The van der Waals surface area contributed by atoms with E-state index in [4.69, 9.17) is 0 Å². The number of hydrogen-bond acceptors (Lipinski definition) is 2. The zero-order chi connectivity index (χ0) is 53.0. The quantitative estimate of drug-likeness (QED) is 0.162. The van der Waals surface area contributed by atoms with Crippen LogP contribution in [0, 0.1) is 6.92 Å².